The molecule has 2 unspecified atom stereocenters. The second-order valence-corrected chi connectivity index (χ2v) is 6.99. The fourth-order valence-corrected chi connectivity index (χ4v) is 3.76. The zero-order chi connectivity index (χ0) is 14.0. The maximum absolute atomic E-state index is 12.5. The van der Waals surface area contributed by atoms with E-state index >= 15 is 0 Å². The van der Waals surface area contributed by atoms with E-state index in [-0.39, 0.29) is 17.4 Å². The fourth-order valence-electron chi connectivity index (χ4n) is 2.22. The Balaban J connectivity index is 2.27. The Hall–Kier alpha value is -0.950. The molecule has 3 N–H and O–H groups in total. The summed E-state index contributed by atoms with van der Waals surface area (Å²) >= 11 is 0. The third-order valence-electron chi connectivity index (χ3n) is 3.65. The molecule has 0 radical (unpaired) electrons. The van der Waals surface area contributed by atoms with Crippen molar-refractivity contribution in [2.45, 2.75) is 30.9 Å². The Kier molecular flexibility index (Phi) is 4.25. The van der Waals surface area contributed by atoms with Crippen LogP contribution in [0.2, 0.25) is 0 Å². The fraction of sp³-hybridized carbons (Fsp3) is 0.538. The van der Waals surface area contributed by atoms with Gasteiger partial charge < -0.3 is 10.8 Å². The number of piperidine rings is 1. The SMILES string of the molecule is CC1CCN(S(=O)(=O)c2cccc(CN)c2)CC1O. The Morgan fingerprint density at radius 2 is 2.21 bits per heavy atom. The molecule has 0 amide bonds. The molecule has 19 heavy (non-hydrogen) atoms. The van der Waals surface area contributed by atoms with E-state index in [1.165, 1.54) is 4.31 Å². The number of sulfonamides is 1. The molecule has 106 valence electrons. The van der Waals surface area contributed by atoms with Gasteiger partial charge in [-0.1, -0.05) is 19.1 Å². The van der Waals surface area contributed by atoms with Crippen LogP contribution in [-0.2, 0) is 16.6 Å². The van der Waals surface area contributed by atoms with Crippen LogP contribution in [0, 0.1) is 5.92 Å². The molecular weight excluding hydrogens is 264 g/mol. The van der Waals surface area contributed by atoms with Crippen LogP contribution in [0.5, 0.6) is 0 Å². The van der Waals surface area contributed by atoms with Gasteiger partial charge in [0.2, 0.25) is 10.0 Å². The summed E-state index contributed by atoms with van der Waals surface area (Å²) in [6.45, 7) is 2.86. The highest BCUT2D eigenvalue weighted by Gasteiger charge is 2.32. The maximum atomic E-state index is 12.5. The molecule has 5 nitrogen and oxygen atoms in total. The van der Waals surface area contributed by atoms with Crippen LogP contribution in [0.1, 0.15) is 18.9 Å². The van der Waals surface area contributed by atoms with Gasteiger partial charge in [0.25, 0.3) is 0 Å². The molecule has 2 rings (SSSR count). The lowest BCUT2D eigenvalue weighted by Crippen LogP contribution is -2.45. The van der Waals surface area contributed by atoms with Gasteiger partial charge in [-0.05, 0) is 30.0 Å². The van der Waals surface area contributed by atoms with Crippen molar-refractivity contribution in [2.75, 3.05) is 13.1 Å². The lowest BCUT2D eigenvalue weighted by Gasteiger charge is -2.33. The van der Waals surface area contributed by atoms with Crippen molar-refractivity contribution < 1.29 is 13.5 Å². The van der Waals surface area contributed by atoms with Crippen LogP contribution >= 0.6 is 0 Å². The molecule has 0 aromatic heterocycles. The average molecular weight is 284 g/mol. The molecule has 6 heteroatoms. The van der Waals surface area contributed by atoms with Crippen LogP contribution in [0.3, 0.4) is 0 Å². The van der Waals surface area contributed by atoms with Crippen molar-refractivity contribution >= 4 is 10.0 Å². The van der Waals surface area contributed by atoms with Crippen molar-refractivity contribution in [3.63, 3.8) is 0 Å². The zero-order valence-electron chi connectivity index (χ0n) is 11.0. The molecule has 1 fully saturated rings. The molecule has 1 aliphatic rings. The van der Waals surface area contributed by atoms with Gasteiger partial charge in [0.05, 0.1) is 11.0 Å². The molecule has 1 aromatic rings. The average Bonchev–Trinajstić information content (AvgIpc) is 2.41. The second kappa shape index (κ2) is 5.58. The first kappa shape index (κ1) is 14.5. The smallest absolute Gasteiger partial charge is 0.243 e. The largest absolute Gasteiger partial charge is 0.391 e. The van der Waals surface area contributed by atoms with Gasteiger partial charge in [0.15, 0.2) is 0 Å². The van der Waals surface area contributed by atoms with Crippen molar-refractivity contribution in [3.05, 3.63) is 29.8 Å². The van der Waals surface area contributed by atoms with E-state index in [0.29, 0.717) is 19.5 Å². The standard InChI is InChI=1S/C13H20N2O3S/c1-10-5-6-15(9-13(10)16)19(17,18)12-4-2-3-11(7-12)8-14/h2-4,7,10,13,16H,5-6,8-9,14H2,1H3. The first-order valence-corrected chi connectivity index (χ1v) is 7.86. The summed E-state index contributed by atoms with van der Waals surface area (Å²) in [4.78, 5) is 0.247. The minimum Gasteiger partial charge on any atom is -0.391 e. The minimum atomic E-state index is -3.53. The van der Waals surface area contributed by atoms with Gasteiger partial charge in [-0.25, -0.2) is 8.42 Å². The number of rotatable bonds is 3. The Morgan fingerprint density at radius 1 is 1.47 bits per heavy atom. The summed E-state index contributed by atoms with van der Waals surface area (Å²) in [5.74, 6) is 0.141. The predicted octanol–water partition coefficient (Wildman–Crippen LogP) is 0.537. The molecule has 0 bridgehead atoms. The summed E-state index contributed by atoms with van der Waals surface area (Å²) in [6, 6.07) is 6.66. The van der Waals surface area contributed by atoms with Crippen LogP contribution in [0.4, 0.5) is 0 Å². The number of benzene rings is 1. The molecule has 1 heterocycles. The van der Waals surface area contributed by atoms with Crippen LogP contribution in [-0.4, -0.2) is 37.0 Å². The lowest BCUT2D eigenvalue weighted by molar-refractivity contribution is 0.0605. The molecule has 0 saturated carbocycles. The van der Waals surface area contributed by atoms with Crippen LogP contribution in [0.25, 0.3) is 0 Å². The highest BCUT2D eigenvalue weighted by Crippen LogP contribution is 2.24. The first-order chi connectivity index (χ1) is 8.95. The number of aliphatic hydroxyl groups excluding tert-OH is 1. The van der Waals surface area contributed by atoms with Crippen LogP contribution in [0.15, 0.2) is 29.2 Å². The van der Waals surface area contributed by atoms with Gasteiger partial charge in [0.1, 0.15) is 0 Å². The Labute approximate surface area is 114 Å². The van der Waals surface area contributed by atoms with Gasteiger partial charge >= 0.3 is 0 Å². The van der Waals surface area contributed by atoms with Gasteiger partial charge in [-0.15, -0.1) is 0 Å². The number of hydrogen-bond acceptors (Lipinski definition) is 4. The van der Waals surface area contributed by atoms with E-state index in [1.807, 2.05) is 6.92 Å². The first-order valence-electron chi connectivity index (χ1n) is 6.42. The third-order valence-corrected chi connectivity index (χ3v) is 5.51. The van der Waals surface area contributed by atoms with Crippen molar-refractivity contribution in [1.82, 2.24) is 4.31 Å². The Bertz CT molecular complexity index is 545. The number of hydrogen-bond donors (Lipinski definition) is 2. The minimum absolute atomic E-state index is 0.141. The molecule has 0 spiro atoms. The summed E-state index contributed by atoms with van der Waals surface area (Å²) in [7, 11) is -3.53. The molecule has 1 saturated heterocycles. The number of β-amino-alcohol motifs (C(OH)–C–C–N with tert-alkyl or cyclic N) is 1. The molecular formula is C13H20N2O3S. The topological polar surface area (TPSA) is 83.6 Å². The van der Waals surface area contributed by atoms with Crippen molar-refractivity contribution in [3.8, 4) is 0 Å². The van der Waals surface area contributed by atoms with E-state index in [4.69, 9.17) is 5.73 Å². The summed E-state index contributed by atoms with van der Waals surface area (Å²) in [5.41, 5.74) is 6.32. The number of nitrogens with two attached hydrogens (primary N) is 1. The van der Waals surface area contributed by atoms with E-state index in [1.54, 1.807) is 24.3 Å². The van der Waals surface area contributed by atoms with E-state index in [2.05, 4.69) is 0 Å². The van der Waals surface area contributed by atoms with Crippen molar-refractivity contribution in [1.29, 1.82) is 0 Å². The lowest BCUT2D eigenvalue weighted by atomic mass is 9.98. The van der Waals surface area contributed by atoms with E-state index in [0.717, 1.165) is 5.56 Å². The van der Waals surface area contributed by atoms with Gasteiger partial charge in [0, 0.05) is 19.6 Å². The van der Waals surface area contributed by atoms with E-state index < -0.39 is 16.1 Å². The van der Waals surface area contributed by atoms with Gasteiger partial charge in [-0.3, -0.25) is 0 Å². The highest BCUT2D eigenvalue weighted by molar-refractivity contribution is 7.89. The summed E-state index contributed by atoms with van der Waals surface area (Å²) < 4.78 is 26.3. The molecule has 1 aromatic carbocycles. The molecule has 0 aliphatic carbocycles. The maximum Gasteiger partial charge on any atom is 0.243 e. The summed E-state index contributed by atoms with van der Waals surface area (Å²) in [5, 5.41) is 9.83. The van der Waals surface area contributed by atoms with Crippen molar-refractivity contribution in [2.24, 2.45) is 11.7 Å². The predicted molar refractivity (Wildman–Crippen MR) is 72.9 cm³/mol. The monoisotopic (exact) mass is 284 g/mol. The van der Waals surface area contributed by atoms with E-state index in [9.17, 15) is 13.5 Å². The third kappa shape index (κ3) is 2.97. The Morgan fingerprint density at radius 3 is 2.84 bits per heavy atom. The van der Waals surface area contributed by atoms with Crippen LogP contribution < -0.4 is 5.73 Å². The zero-order valence-corrected chi connectivity index (χ0v) is 11.8. The normalized spacial score (nSPS) is 25.4. The highest BCUT2D eigenvalue weighted by atomic mass is 32.2. The quantitative estimate of drug-likeness (QED) is 0.848. The van der Waals surface area contributed by atoms with Gasteiger partial charge in [-0.2, -0.15) is 4.31 Å². The molecule has 1 aliphatic heterocycles. The molecule has 2 atom stereocenters. The second-order valence-electron chi connectivity index (χ2n) is 5.05. The summed E-state index contributed by atoms with van der Waals surface area (Å²) in [6.07, 6.45) is 0.0815. The number of aliphatic hydroxyl groups is 1. The number of nitrogens with zero attached hydrogens (tertiary/aromatic N) is 1.